The van der Waals surface area contributed by atoms with Crippen LogP contribution < -0.4 is 14.8 Å². The molecule has 9 nitrogen and oxygen atoms in total. The molecule has 0 spiro atoms. The monoisotopic (exact) mass is 526 g/mol. The number of rotatable bonds is 8. The molecule has 0 unspecified atom stereocenters. The lowest BCUT2D eigenvalue weighted by molar-refractivity contribution is -0.119. The summed E-state index contributed by atoms with van der Waals surface area (Å²) in [4.78, 5) is 39.0. The second-order valence-corrected chi connectivity index (χ2v) is 8.88. The molecule has 3 heterocycles. The minimum absolute atomic E-state index is 0.300. The Bertz CT molecular complexity index is 1620. The molecule has 0 bridgehead atoms. The fourth-order valence-corrected chi connectivity index (χ4v) is 4.55. The minimum atomic E-state index is -0.638. The zero-order valence-electron chi connectivity index (χ0n) is 20.5. The third-order valence-electron chi connectivity index (χ3n) is 5.63. The molecular weight excluding hydrogens is 504 g/mol. The van der Waals surface area contributed by atoms with E-state index in [-0.39, 0.29) is 0 Å². The Balaban J connectivity index is 1.28. The molecule has 1 N–H and O–H groups in total. The molecule has 0 aliphatic carbocycles. The fourth-order valence-electron chi connectivity index (χ4n) is 3.81. The number of aromatic nitrogens is 3. The summed E-state index contributed by atoms with van der Waals surface area (Å²) in [7, 11) is 3.13. The smallest absolute Gasteiger partial charge is 0.339 e. The molecule has 190 valence electrons. The molecule has 0 aliphatic heterocycles. The number of methoxy groups -OCH3 is 2. The van der Waals surface area contributed by atoms with E-state index in [2.05, 4.69) is 20.3 Å². The molecule has 0 atom stereocenters. The summed E-state index contributed by atoms with van der Waals surface area (Å²) in [6, 6.07) is 19.8. The van der Waals surface area contributed by atoms with Crippen LogP contribution in [0.5, 0.6) is 11.5 Å². The van der Waals surface area contributed by atoms with Gasteiger partial charge in [-0.15, -0.1) is 11.3 Å². The second-order valence-electron chi connectivity index (χ2n) is 8.02. The van der Waals surface area contributed by atoms with Crippen molar-refractivity contribution in [3.05, 3.63) is 83.9 Å². The van der Waals surface area contributed by atoms with E-state index < -0.39 is 18.5 Å². The summed E-state index contributed by atoms with van der Waals surface area (Å²) >= 11 is 1.26. The average Bonchev–Trinajstić information content (AvgIpc) is 3.43. The van der Waals surface area contributed by atoms with Gasteiger partial charge < -0.3 is 14.2 Å². The standard InChI is InChI=1S/C28H22N4O5S/c1-35-24-11-10-17(13-25(24)36-2)23-16-38-28(31-23)32-26(33)15-37-27(34)19-14-22(21-9-5-6-12-29-21)30-20-8-4-3-7-18(19)20/h3-14,16H,15H2,1-2H3,(H,31,32,33). The maximum absolute atomic E-state index is 13.0. The van der Waals surface area contributed by atoms with Crippen LogP contribution in [-0.4, -0.2) is 47.7 Å². The zero-order valence-corrected chi connectivity index (χ0v) is 21.3. The molecule has 5 aromatic rings. The SMILES string of the molecule is COc1ccc(-c2csc(NC(=O)COC(=O)c3cc(-c4ccccn4)nc4ccccc34)n2)cc1OC. The van der Waals surface area contributed by atoms with Crippen molar-refractivity contribution >= 4 is 39.2 Å². The quantitative estimate of drug-likeness (QED) is 0.274. The number of pyridine rings is 2. The first-order valence-electron chi connectivity index (χ1n) is 11.5. The van der Waals surface area contributed by atoms with Gasteiger partial charge in [0.15, 0.2) is 23.2 Å². The number of esters is 1. The Morgan fingerprint density at radius 3 is 2.47 bits per heavy atom. The molecule has 0 saturated carbocycles. The van der Waals surface area contributed by atoms with Crippen molar-refractivity contribution in [1.29, 1.82) is 0 Å². The van der Waals surface area contributed by atoms with Crippen molar-refractivity contribution in [1.82, 2.24) is 15.0 Å². The highest BCUT2D eigenvalue weighted by atomic mass is 32.1. The molecule has 1 amide bonds. The first-order chi connectivity index (χ1) is 18.6. The molecule has 0 aliphatic rings. The van der Waals surface area contributed by atoms with E-state index in [0.29, 0.717) is 50.2 Å². The largest absolute Gasteiger partial charge is 0.493 e. The molecule has 10 heteroatoms. The molecule has 0 fully saturated rings. The molecule has 2 aromatic carbocycles. The van der Waals surface area contributed by atoms with E-state index in [1.807, 2.05) is 41.8 Å². The highest BCUT2D eigenvalue weighted by Crippen LogP contribution is 2.33. The van der Waals surface area contributed by atoms with Gasteiger partial charge in [-0.1, -0.05) is 24.3 Å². The molecule has 3 aromatic heterocycles. The van der Waals surface area contributed by atoms with Crippen LogP contribution in [0, 0.1) is 0 Å². The van der Waals surface area contributed by atoms with Crippen LogP contribution >= 0.6 is 11.3 Å². The minimum Gasteiger partial charge on any atom is -0.493 e. The number of anilines is 1. The van der Waals surface area contributed by atoms with Crippen LogP contribution in [0.2, 0.25) is 0 Å². The number of hydrogen-bond donors (Lipinski definition) is 1. The molecular formula is C28H22N4O5S. The Hall–Kier alpha value is -4.83. The van der Waals surface area contributed by atoms with Crippen LogP contribution in [-0.2, 0) is 9.53 Å². The second kappa shape index (κ2) is 11.1. The van der Waals surface area contributed by atoms with E-state index in [4.69, 9.17) is 14.2 Å². The van der Waals surface area contributed by atoms with Gasteiger partial charge >= 0.3 is 5.97 Å². The number of thiazole rings is 1. The fraction of sp³-hybridized carbons (Fsp3) is 0.107. The number of hydrogen-bond acceptors (Lipinski definition) is 9. The van der Waals surface area contributed by atoms with Crippen molar-refractivity contribution in [2.75, 3.05) is 26.1 Å². The third-order valence-corrected chi connectivity index (χ3v) is 6.39. The summed E-state index contributed by atoms with van der Waals surface area (Å²) in [6.07, 6.45) is 1.66. The molecule has 0 saturated heterocycles. The number of nitrogens with one attached hydrogen (secondary N) is 1. The van der Waals surface area contributed by atoms with Gasteiger partial charge in [0, 0.05) is 22.5 Å². The number of carbonyl (C=O) groups is 2. The van der Waals surface area contributed by atoms with Crippen molar-refractivity contribution in [3.63, 3.8) is 0 Å². The van der Waals surface area contributed by atoms with Crippen molar-refractivity contribution < 1.29 is 23.8 Å². The van der Waals surface area contributed by atoms with Crippen LogP contribution in [0.3, 0.4) is 0 Å². The maximum Gasteiger partial charge on any atom is 0.339 e. The number of carbonyl (C=O) groups excluding carboxylic acids is 2. The Kier molecular flexibility index (Phi) is 7.23. The normalized spacial score (nSPS) is 10.7. The predicted octanol–water partition coefficient (Wildman–Crippen LogP) is 5.23. The summed E-state index contributed by atoms with van der Waals surface area (Å²) < 4.78 is 16.0. The van der Waals surface area contributed by atoms with Gasteiger partial charge in [-0.2, -0.15) is 0 Å². The number of benzene rings is 2. The zero-order chi connectivity index (χ0) is 26.5. The summed E-state index contributed by atoms with van der Waals surface area (Å²) in [5.74, 6) is 0.0391. The van der Waals surface area contributed by atoms with Crippen molar-refractivity contribution in [2.24, 2.45) is 0 Å². The lowest BCUT2D eigenvalue weighted by atomic mass is 10.1. The Morgan fingerprint density at radius 2 is 1.68 bits per heavy atom. The van der Waals surface area contributed by atoms with Crippen LogP contribution in [0.4, 0.5) is 5.13 Å². The first-order valence-corrected chi connectivity index (χ1v) is 12.4. The summed E-state index contributed by atoms with van der Waals surface area (Å²) in [5.41, 5.74) is 3.55. The van der Waals surface area contributed by atoms with Gasteiger partial charge in [-0.3, -0.25) is 15.1 Å². The van der Waals surface area contributed by atoms with Crippen LogP contribution in [0.25, 0.3) is 33.5 Å². The highest BCUT2D eigenvalue weighted by Gasteiger charge is 2.18. The van der Waals surface area contributed by atoms with Gasteiger partial charge in [-0.25, -0.2) is 14.8 Å². The molecule has 0 radical (unpaired) electrons. The molecule has 38 heavy (non-hydrogen) atoms. The van der Waals surface area contributed by atoms with Crippen molar-refractivity contribution in [2.45, 2.75) is 0 Å². The van der Waals surface area contributed by atoms with Gasteiger partial charge in [0.05, 0.1) is 42.4 Å². The van der Waals surface area contributed by atoms with E-state index in [0.717, 1.165) is 5.56 Å². The van der Waals surface area contributed by atoms with Crippen LogP contribution in [0.1, 0.15) is 10.4 Å². The van der Waals surface area contributed by atoms with Gasteiger partial charge in [-0.05, 0) is 42.5 Å². The van der Waals surface area contributed by atoms with Crippen LogP contribution in [0.15, 0.2) is 78.3 Å². The highest BCUT2D eigenvalue weighted by molar-refractivity contribution is 7.14. The van der Waals surface area contributed by atoms with E-state index >= 15 is 0 Å². The Labute approximate surface area is 222 Å². The van der Waals surface area contributed by atoms with Crippen molar-refractivity contribution in [3.8, 4) is 34.1 Å². The predicted molar refractivity (Wildman–Crippen MR) is 145 cm³/mol. The lowest BCUT2D eigenvalue weighted by Crippen LogP contribution is -2.21. The van der Waals surface area contributed by atoms with E-state index in [1.165, 1.54) is 11.3 Å². The van der Waals surface area contributed by atoms with Gasteiger partial charge in [0.2, 0.25) is 0 Å². The van der Waals surface area contributed by atoms with Gasteiger partial charge in [0.1, 0.15) is 0 Å². The average molecular weight is 527 g/mol. The first kappa shape index (κ1) is 24.8. The topological polar surface area (TPSA) is 113 Å². The third kappa shape index (κ3) is 5.30. The number of fused-ring (bicyclic) bond motifs is 1. The lowest BCUT2D eigenvalue weighted by Gasteiger charge is -2.10. The van der Waals surface area contributed by atoms with E-state index in [1.54, 1.807) is 50.7 Å². The molecule has 5 rings (SSSR count). The number of para-hydroxylation sites is 1. The number of amides is 1. The Morgan fingerprint density at radius 1 is 0.868 bits per heavy atom. The number of ether oxygens (including phenoxy) is 3. The summed E-state index contributed by atoms with van der Waals surface area (Å²) in [6.45, 7) is -0.473. The van der Waals surface area contributed by atoms with Gasteiger partial charge in [0.25, 0.3) is 5.91 Å². The number of nitrogens with zero attached hydrogens (tertiary/aromatic N) is 3. The summed E-state index contributed by atoms with van der Waals surface area (Å²) in [5, 5.41) is 5.49. The van der Waals surface area contributed by atoms with E-state index in [9.17, 15) is 9.59 Å². The maximum atomic E-state index is 13.0.